The number of rotatable bonds is 3. The summed E-state index contributed by atoms with van der Waals surface area (Å²) < 4.78 is 1.80. The molecule has 1 aliphatic rings. The highest BCUT2D eigenvalue weighted by molar-refractivity contribution is 7.10. The lowest BCUT2D eigenvalue weighted by Crippen LogP contribution is -2.29. The van der Waals surface area contributed by atoms with E-state index in [0.29, 0.717) is 6.04 Å². The van der Waals surface area contributed by atoms with Crippen molar-refractivity contribution in [1.82, 2.24) is 20.1 Å². The first-order valence-corrected chi connectivity index (χ1v) is 8.02. The zero-order valence-electron chi connectivity index (χ0n) is 11.6. The molecule has 0 fully saturated rings. The van der Waals surface area contributed by atoms with Crippen LogP contribution in [0.1, 0.15) is 22.0 Å². The van der Waals surface area contributed by atoms with Crippen LogP contribution < -0.4 is 5.32 Å². The van der Waals surface area contributed by atoms with E-state index in [1.807, 2.05) is 11.3 Å². The molecule has 0 saturated heterocycles. The summed E-state index contributed by atoms with van der Waals surface area (Å²) in [5, 5.41) is 10.0. The fraction of sp³-hybridized carbons (Fsp3) is 0.250. The van der Waals surface area contributed by atoms with Crippen LogP contribution in [0.15, 0.2) is 48.4 Å². The van der Waals surface area contributed by atoms with Gasteiger partial charge in [0.05, 0.1) is 5.69 Å². The van der Waals surface area contributed by atoms with Crippen LogP contribution in [0.3, 0.4) is 0 Å². The van der Waals surface area contributed by atoms with Crippen molar-refractivity contribution in [3.05, 3.63) is 64.4 Å². The monoisotopic (exact) mass is 296 g/mol. The van der Waals surface area contributed by atoms with Crippen molar-refractivity contribution in [3.63, 3.8) is 0 Å². The van der Waals surface area contributed by atoms with E-state index in [9.17, 15) is 0 Å². The third-order valence-electron chi connectivity index (χ3n) is 3.92. The summed E-state index contributed by atoms with van der Waals surface area (Å²) >= 11 is 1.86. The average molecular weight is 296 g/mol. The quantitative estimate of drug-likeness (QED) is 0.808. The van der Waals surface area contributed by atoms with Gasteiger partial charge in [0.15, 0.2) is 0 Å². The minimum Gasteiger partial charge on any atom is -0.309 e. The number of fused-ring (bicyclic) bond motifs is 1. The first kappa shape index (κ1) is 12.7. The Balaban J connectivity index is 1.60. The van der Waals surface area contributed by atoms with Gasteiger partial charge in [-0.1, -0.05) is 12.1 Å². The fourth-order valence-electron chi connectivity index (χ4n) is 2.90. The molecule has 1 unspecified atom stereocenters. The minimum absolute atomic E-state index is 0.430. The molecule has 4 rings (SSSR count). The number of hydrogen-bond donors (Lipinski definition) is 1. The molecule has 21 heavy (non-hydrogen) atoms. The van der Waals surface area contributed by atoms with Gasteiger partial charge in [-0.25, -0.2) is 9.67 Å². The highest BCUT2D eigenvalue weighted by Gasteiger charge is 2.21. The van der Waals surface area contributed by atoms with Crippen LogP contribution in [0.4, 0.5) is 0 Å². The number of nitrogens with one attached hydrogen (secondary N) is 1. The van der Waals surface area contributed by atoms with Crippen molar-refractivity contribution in [1.29, 1.82) is 0 Å². The number of aromatic nitrogens is 3. The van der Waals surface area contributed by atoms with E-state index in [2.05, 4.69) is 51.1 Å². The van der Waals surface area contributed by atoms with Crippen LogP contribution in [0.5, 0.6) is 0 Å². The van der Waals surface area contributed by atoms with Crippen molar-refractivity contribution in [2.75, 3.05) is 6.54 Å². The molecule has 0 spiro atoms. The van der Waals surface area contributed by atoms with Crippen LogP contribution in [-0.2, 0) is 12.8 Å². The van der Waals surface area contributed by atoms with E-state index in [1.165, 1.54) is 16.0 Å². The van der Waals surface area contributed by atoms with E-state index in [-0.39, 0.29) is 0 Å². The molecule has 0 amide bonds. The Hall–Kier alpha value is -1.98. The van der Waals surface area contributed by atoms with Gasteiger partial charge in [-0.05, 0) is 54.1 Å². The number of thiophene rings is 1. The molecule has 106 valence electrons. The van der Waals surface area contributed by atoms with Crippen molar-refractivity contribution >= 4 is 11.3 Å². The molecule has 0 bridgehead atoms. The molecule has 1 aromatic carbocycles. The van der Waals surface area contributed by atoms with Gasteiger partial charge >= 0.3 is 0 Å². The van der Waals surface area contributed by atoms with Crippen LogP contribution in [0.2, 0.25) is 0 Å². The van der Waals surface area contributed by atoms with Gasteiger partial charge < -0.3 is 5.32 Å². The normalized spacial score (nSPS) is 17.6. The van der Waals surface area contributed by atoms with Crippen molar-refractivity contribution in [2.24, 2.45) is 0 Å². The molecular formula is C16H16N4S. The maximum Gasteiger partial charge on any atom is 0.138 e. The molecule has 3 aromatic rings. The van der Waals surface area contributed by atoms with Crippen LogP contribution in [0.25, 0.3) is 5.69 Å². The van der Waals surface area contributed by atoms with Gasteiger partial charge in [-0.15, -0.1) is 11.3 Å². The van der Waals surface area contributed by atoms with Gasteiger partial charge in [0, 0.05) is 10.9 Å². The largest absolute Gasteiger partial charge is 0.309 e. The zero-order valence-corrected chi connectivity index (χ0v) is 12.4. The molecule has 2 aromatic heterocycles. The summed E-state index contributed by atoms with van der Waals surface area (Å²) in [6.45, 7) is 1.07. The van der Waals surface area contributed by atoms with E-state index < -0.39 is 0 Å². The first-order valence-electron chi connectivity index (χ1n) is 7.14. The summed E-state index contributed by atoms with van der Waals surface area (Å²) in [5.41, 5.74) is 3.89. The van der Waals surface area contributed by atoms with Crippen molar-refractivity contribution < 1.29 is 0 Å². The van der Waals surface area contributed by atoms with Crippen LogP contribution in [0, 0.1) is 0 Å². The lowest BCUT2D eigenvalue weighted by Gasteiger charge is -2.24. The molecular weight excluding hydrogens is 280 g/mol. The maximum absolute atomic E-state index is 4.19. The fourth-order valence-corrected chi connectivity index (χ4v) is 3.93. The third-order valence-corrected chi connectivity index (χ3v) is 4.99. The number of benzene rings is 1. The molecule has 1 atom stereocenters. The Kier molecular flexibility index (Phi) is 3.29. The van der Waals surface area contributed by atoms with Gasteiger partial charge in [0.1, 0.15) is 12.7 Å². The Morgan fingerprint density at radius 1 is 1.33 bits per heavy atom. The predicted octanol–water partition coefficient (Wildman–Crippen LogP) is 2.76. The minimum atomic E-state index is 0.430. The second-order valence-electron chi connectivity index (χ2n) is 5.28. The van der Waals surface area contributed by atoms with E-state index in [0.717, 1.165) is 25.1 Å². The Labute approximate surface area is 127 Å². The van der Waals surface area contributed by atoms with E-state index >= 15 is 0 Å². The lowest BCUT2D eigenvalue weighted by molar-refractivity contribution is 0.512. The summed E-state index contributed by atoms with van der Waals surface area (Å²) in [5.74, 6) is 0. The average Bonchev–Trinajstić information content (AvgIpc) is 3.20. The first-order chi connectivity index (χ1) is 10.4. The van der Waals surface area contributed by atoms with E-state index in [4.69, 9.17) is 0 Å². The summed E-state index contributed by atoms with van der Waals surface area (Å²) in [7, 11) is 0. The Morgan fingerprint density at radius 2 is 2.33 bits per heavy atom. The van der Waals surface area contributed by atoms with Crippen molar-refractivity contribution in [2.45, 2.75) is 18.9 Å². The van der Waals surface area contributed by atoms with Crippen LogP contribution in [-0.4, -0.2) is 21.3 Å². The second-order valence-corrected chi connectivity index (χ2v) is 6.23. The topological polar surface area (TPSA) is 42.7 Å². The smallest absolute Gasteiger partial charge is 0.138 e. The van der Waals surface area contributed by atoms with Crippen LogP contribution >= 0.6 is 11.3 Å². The molecule has 0 radical (unpaired) electrons. The molecule has 1 aliphatic heterocycles. The zero-order chi connectivity index (χ0) is 14.1. The Morgan fingerprint density at radius 3 is 3.24 bits per heavy atom. The Bertz CT molecular complexity index is 732. The lowest BCUT2D eigenvalue weighted by atomic mass is 9.97. The number of nitrogens with zero attached hydrogens (tertiary/aromatic N) is 3. The van der Waals surface area contributed by atoms with Gasteiger partial charge in [0.2, 0.25) is 0 Å². The summed E-state index contributed by atoms with van der Waals surface area (Å²) in [4.78, 5) is 5.50. The summed E-state index contributed by atoms with van der Waals surface area (Å²) in [6, 6.07) is 11.2. The van der Waals surface area contributed by atoms with Crippen molar-refractivity contribution in [3.8, 4) is 5.69 Å². The summed E-state index contributed by atoms with van der Waals surface area (Å²) in [6.07, 6.45) is 5.45. The van der Waals surface area contributed by atoms with Gasteiger partial charge in [-0.2, -0.15) is 5.10 Å². The van der Waals surface area contributed by atoms with Gasteiger partial charge in [0.25, 0.3) is 0 Å². The van der Waals surface area contributed by atoms with E-state index in [1.54, 1.807) is 17.3 Å². The van der Waals surface area contributed by atoms with Gasteiger partial charge in [-0.3, -0.25) is 0 Å². The maximum atomic E-state index is 4.19. The molecule has 0 aliphatic carbocycles. The highest BCUT2D eigenvalue weighted by Crippen LogP contribution is 2.30. The molecule has 1 N–H and O–H groups in total. The standard InChI is InChI=1S/C16H16N4S/c1-2-12(8-14(3-1)20-11-17-10-19-20)9-15-16-13(4-6-18-15)5-7-21-16/h1-3,5,7-8,10-11,15,18H,4,6,9H2. The SMILES string of the molecule is c1cc(CC2NCCc3ccsc32)cc(-n2cncn2)c1. The molecule has 4 nitrogen and oxygen atoms in total. The molecule has 3 heterocycles. The highest BCUT2D eigenvalue weighted by atomic mass is 32.1. The second kappa shape index (κ2) is 5.42. The molecule has 5 heteroatoms. The number of hydrogen-bond acceptors (Lipinski definition) is 4. The predicted molar refractivity (Wildman–Crippen MR) is 83.8 cm³/mol. The third kappa shape index (κ3) is 2.50. The molecule has 0 saturated carbocycles.